The molecule has 1 N–H and O–H groups in total. The van der Waals surface area contributed by atoms with Crippen molar-refractivity contribution in [3.8, 4) is 0 Å². The highest BCUT2D eigenvalue weighted by Crippen LogP contribution is 2.22. The molecule has 1 aromatic rings. The zero-order valence-electron chi connectivity index (χ0n) is 9.39. The van der Waals surface area contributed by atoms with Crippen LogP contribution in [-0.4, -0.2) is 6.54 Å². The van der Waals surface area contributed by atoms with E-state index in [1.807, 2.05) is 13.0 Å². The topological polar surface area (TPSA) is 12.0 Å². The van der Waals surface area contributed by atoms with E-state index >= 15 is 0 Å². The van der Waals surface area contributed by atoms with Crippen molar-refractivity contribution in [1.82, 2.24) is 5.32 Å². The van der Waals surface area contributed by atoms with Crippen molar-refractivity contribution in [3.05, 3.63) is 47.8 Å². The van der Waals surface area contributed by atoms with Gasteiger partial charge in [0.25, 0.3) is 0 Å². The molecule has 0 amide bonds. The Morgan fingerprint density at radius 2 is 2.13 bits per heavy atom. The van der Waals surface area contributed by atoms with Crippen LogP contribution in [-0.2, 0) is 0 Å². The van der Waals surface area contributed by atoms with Gasteiger partial charge in [-0.05, 0) is 26.0 Å². The molecule has 0 aliphatic carbocycles. The van der Waals surface area contributed by atoms with Gasteiger partial charge in [0.15, 0.2) is 0 Å². The summed E-state index contributed by atoms with van der Waals surface area (Å²) in [4.78, 5) is 0. The lowest BCUT2D eigenvalue weighted by atomic mass is 10.0. The lowest BCUT2D eigenvalue weighted by molar-refractivity contribution is 0.542. The van der Waals surface area contributed by atoms with Crippen molar-refractivity contribution in [2.45, 2.75) is 26.3 Å². The van der Waals surface area contributed by atoms with Crippen LogP contribution in [0.25, 0.3) is 0 Å². The normalized spacial score (nSPS) is 12.5. The maximum Gasteiger partial charge on any atom is 0.128 e. The monoisotopic (exact) mass is 207 g/mol. The fraction of sp³-hybridized carbons (Fsp3) is 0.385. The van der Waals surface area contributed by atoms with Gasteiger partial charge in [0.05, 0.1) is 6.04 Å². The highest BCUT2D eigenvalue weighted by atomic mass is 19.1. The third-order valence-corrected chi connectivity index (χ3v) is 2.31. The Balaban J connectivity index is 2.89. The summed E-state index contributed by atoms with van der Waals surface area (Å²) in [6.45, 7) is 8.77. The molecule has 0 aromatic heterocycles. The Kier molecular flexibility index (Phi) is 4.50. The molecule has 0 spiro atoms. The Labute approximate surface area is 91.0 Å². The van der Waals surface area contributed by atoms with Crippen molar-refractivity contribution in [3.63, 3.8) is 0 Å². The van der Waals surface area contributed by atoms with E-state index in [2.05, 4.69) is 18.8 Å². The molecule has 82 valence electrons. The molecule has 1 nitrogen and oxygen atoms in total. The first kappa shape index (κ1) is 11.9. The third kappa shape index (κ3) is 3.17. The van der Waals surface area contributed by atoms with Gasteiger partial charge in [-0.1, -0.05) is 37.3 Å². The van der Waals surface area contributed by atoms with Gasteiger partial charge < -0.3 is 5.32 Å². The van der Waals surface area contributed by atoms with Gasteiger partial charge in [-0.3, -0.25) is 0 Å². The summed E-state index contributed by atoms with van der Waals surface area (Å²) in [5.41, 5.74) is 1.62. The second-order valence-electron chi connectivity index (χ2n) is 3.76. The van der Waals surface area contributed by atoms with E-state index in [-0.39, 0.29) is 11.9 Å². The molecular formula is C13H18FN. The minimum atomic E-state index is -0.172. The van der Waals surface area contributed by atoms with Gasteiger partial charge >= 0.3 is 0 Å². The van der Waals surface area contributed by atoms with Gasteiger partial charge in [0.2, 0.25) is 0 Å². The van der Waals surface area contributed by atoms with Gasteiger partial charge in [-0.15, -0.1) is 0 Å². The second kappa shape index (κ2) is 5.66. The SMILES string of the molecule is C=C(C)C(NCCC)c1ccccc1F. The van der Waals surface area contributed by atoms with Crippen LogP contribution >= 0.6 is 0 Å². The van der Waals surface area contributed by atoms with Crippen molar-refractivity contribution < 1.29 is 4.39 Å². The van der Waals surface area contributed by atoms with E-state index < -0.39 is 0 Å². The van der Waals surface area contributed by atoms with Crippen LogP contribution in [0.1, 0.15) is 31.9 Å². The van der Waals surface area contributed by atoms with E-state index in [0.29, 0.717) is 5.56 Å². The molecule has 1 aromatic carbocycles. The van der Waals surface area contributed by atoms with Gasteiger partial charge in [0, 0.05) is 5.56 Å². The number of nitrogens with one attached hydrogen (secondary N) is 1. The molecule has 0 heterocycles. The van der Waals surface area contributed by atoms with Gasteiger partial charge in [0.1, 0.15) is 5.82 Å². The summed E-state index contributed by atoms with van der Waals surface area (Å²) >= 11 is 0. The first-order chi connectivity index (χ1) is 7.16. The highest BCUT2D eigenvalue weighted by Gasteiger charge is 2.14. The molecule has 1 atom stereocenters. The van der Waals surface area contributed by atoms with Crippen LogP contribution in [0.2, 0.25) is 0 Å². The highest BCUT2D eigenvalue weighted by molar-refractivity contribution is 5.27. The van der Waals surface area contributed by atoms with Crippen molar-refractivity contribution in [2.75, 3.05) is 6.54 Å². The zero-order valence-corrected chi connectivity index (χ0v) is 9.39. The first-order valence-corrected chi connectivity index (χ1v) is 5.30. The number of benzene rings is 1. The summed E-state index contributed by atoms with van der Waals surface area (Å²) in [5.74, 6) is -0.172. The average molecular weight is 207 g/mol. The smallest absolute Gasteiger partial charge is 0.128 e. The number of halogens is 1. The second-order valence-corrected chi connectivity index (χ2v) is 3.76. The van der Waals surface area contributed by atoms with Crippen LogP contribution in [0.3, 0.4) is 0 Å². The molecule has 0 saturated carbocycles. The van der Waals surface area contributed by atoms with E-state index in [9.17, 15) is 4.39 Å². The molecular weight excluding hydrogens is 189 g/mol. The lowest BCUT2D eigenvalue weighted by Gasteiger charge is -2.19. The molecule has 2 heteroatoms. The Morgan fingerprint density at radius 1 is 1.47 bits per heavy atom. The number of rotatable bonds is 5. The third-order valence-electron chi connectivity index (χ3n) is 2.31. The van der Waals surface area contributed by atoms with E-state index in [1.165, 1.54) is 6.07 Å². The largest absolute Gasteiger partial charge is 0.306 e. The molecule has 0 fully saturated rings. The van der Waals surface area contributed by atoms with Crippen LogP contribution in [0.4, 0.5) is 4.39 Å². The maximum absolute atomic E-state index is 13.5. The molecule has 15 heavy (non-hydrogen) atoms. The molecule has 0 aliphatic heterocycles. The van der Waals surface area contributed by atoms with Crippen LogP contribution in [0, 0.1) is 5.82 Å². The number of hydrogen-bond donors (Lipinski definition) is 1. The summed E-state index contributed by atoms with van der Waals surface area (Å²) in [7, 11) is 0. The fourth-order valence-electron chi connectivity index (χ4n) is 1.55. The Morgan fingerprint density at radius 3 is 2.67 bits per heavy atom. The minimum absolute atomic E-state index is 0.0776. The molecule has 0 bridgehead atoms. The molecule has 0 radical (unpaired) electrons. The minimum Gasteiger partial charge on any atom is -0.306 e. The summed E-state index contributed by atoms with van der Waals surface area (Å²) in [5, 5.41) is 3.29. The molecule has 1 rings (SSSR count). The summed E-state index contributed by atoms with van der Waals surface area (Å²) in [6, 6.07) is 6.76. The lowest BCUT2D eigenvalue weighted by Crippen LogP contribution is -2.23. The van der Waals surface area contributed by atoms with Crippen molar-refractivity contribution in [1.29, 1.82) is 0 Å². The maximum atomic E-state index is 13.5. The van der Waals surface area contributed by atoms with Crippen molar-refractivity contribution >= 4 is 0 Å². The van der Waals surface area contributed by atoms with E-state index in [1.54, 1.807) is 12.1 Å². The molecule has 0 saturated heterocycles. The van der Waals surface area contributed by atoms with E-state index in [4.69, 9.17) is 0 Å². The average Bonchev–Trinajstić information content (AvgIpc) is 2.20. The Bertz CT molecular complexity index is 333. The zero-order chi connectivity index (χ0) is 11.3. The summed E-state index contributed by atoms with van der Waals surface area (Å²) in [6.07, 6.45) is 1.03. The van der Waals surface area contributed by atoms with Crippen LogP contribution in [0.15, 0.2) is 36.4 Å². The molecule has 1 unspecified atom stereocenters. The van der Waals surface area contributed by atoms with Crippen LogP contribution < -0.4 is 5.32 Å². The van der Waals surface area contributed by atoms with Crippen LogP contribution in [0.5, 0.6) is 0 Å². The van der Waals surface area contributed by atoms with E-state index in [0.717, 1.165) is 18.5 Å². The van der Waals surface area contributed by atoms with Gasteiger partial charge in [-0.2, -0.15) is 0 Å². The summed E-state index contributed by atoms with van der Waals surface area (Å²) < 4.78 is 13.5. The predicted octanol–water partition coefficient (Wildman–Crippen LogP) is 3.44. The standard InChI is InChI=1S/C13H18FN/c1-4-9-15-13(10(2)3)11-7-5-6-8-12(11)14/h5-8,13,15H,2,4,9H2,1,3H3. The fourth-order valence-corrected chi connectivity index (χ4v) is 1.55. The number of hydrogen-bond acceptors (Lipinski definition) is 1. The predicted molar refractivity (Wildman–Crippen MR) is 62.2 cm³/mol. The molecule has 0 aliphatic rings. The first-order valence-electron chi connectivity index (χ1n) is 5.30. The Hall–Kier alpha value is -1.15. The van der Waals surface area contributed by atoms with Crippen molar-refractivity contribution in [2.24, 2.45) is 0 Å². The van der Waals surface area contributed by atoms with Gasteiger partial charge in [-0.25, -0.2) is 4.39 Å². The quantitative estimate of drug-likeness (QED) is 0.729.